The van der Waals surface area contributed by atoms with Gasteiger partial charge in [-0.3, -0.25) is 4.40 Å². The number of imidazole rings is 1. The molecule has 16 heavy (non-hydrogen) atoms. The van der Waals surface area contributed by atoms with Gasteiger partial charge in [-0.05, 0) is 31.2 Å². The second-order valence-corrected chi connectivity index (χ2v) is 4.69. The van der Waals surface area contributed by atoms with Crippen LogP contribution in [0, 0.1) is 5.92 Å². The second-order valence-electron chi connectivity index (χ2n) is 4.69. The van der Waals surface area contributed by atoms with E-state index in [2.05, 4.69) is 27.5 Å². The lowest BCUT2D eigenvalue weighted by molar-refractivity contribution is 0.414. The standard InChI is InChI=1S/C13H17N3/c1-2-4-10-5-6-11-12(9-10)16-8-3-7-14-13(16)15-11/h3,7-8,10H,2,4-6,9H2,1H3. The van der Waals surface area contributed by atoms with Crippen LogP contribution in [-0.4, -0.2) is 14.4 Å². The highest BCUT2D eigenvalue weighted by molar-refractivity contribution is 5.36. The van der Waals surface area contributed by atoms with Crippen LogP contribution in [0.25, 0.3) is 5.78 Å². The van der Waals surface area contributed by atoms with Gasteiger partial charge < -0.3 is 0 Å². The summed E-state index contributed by atoms with van der Waals surface area (Å²) in [6.45, 7) is 2.27. The molecule has 0 bridgehead atoms. The predicted octanol–water partition coefficient (Wildman–Crippen LogP) is 2.63. The molecule has 0 aliphatic heterocycles. The predicted molar refractivity (Wildman–Crippen MR) is 63.4 cm³/mol. The molecule has 1 unspecified atom stereocenters. The lowest BCUT2D eigenvalue weighted by Gasteiger charge is -2.21. The van der Waals surface area contributed by atoms with E-state index in [1.54, 1.807) is 0 Å². The Morgan fingerprint density at radius 3 is 3.31 bits per heavy atom. The van der Waals surface area contributed by atoms with Crippen molar-refractivity contribution in [1.29, 1.82) is 0 Å². The lowest BCUT2D eigenvalue weighted by atomic mass is 9.87. The van der Waals surface area contributed by atoms with Crippen molar-refractivity contribution in [2.75, 3.05) is 0 Å². The summed E-state index contributed by atoms with van der Waals surface area (Å²) in [6.07, 6.45) is 10.1. The van der Waals surface area contributed by atoms with Crippen molar-refractivity contribution < 1.29 is 0 Å². The highest BCUT2D eigenvalue weighted by atomic mass is 15.1. The van der Waals surface area contributed by atoms with E-state index in [-0.39, 0.29) is 0 Å². The third kappa shape index (κ3) is 1.51. The van der Waals surface area contributed by atoms with Gasteiger partial charge in [-0.2, -0.15) is 0 Å². The molecule has 0 radical (unpaired) electrons. The van der Waals surface area contributed by atoms with E-state index in [4.69, 9.17) is 0 Å². The SMILES string of the molecule is CCCC1CCc2nc3ncccn3c2C1. The van der Waals surface area contributed by atoms with Crippen LogP contribution < -0.4 is 0 Å². The third-order valence-corrected chi connectivity index (χ3v) is 3.55. The van der Waals surface area contributed by atoms with Crippen LogP contribution in [0.3, 0.4) is 0 Å². The average molecular weight is 215 g/mol. The molecule has 0 saturated heterocycles. The quantitative estimate of drug-likeness (QED) is 0.771. The molecule has 1 atom stereocenters. The van der Waals surface area contributed by atoms with Gasteiger partial charge in [0.15, 0.2) is 0 Å². The fraction of sp³-hybridized carbons (Fsp3) is 0.538. The summed E-state index contributed by atoms with van der Waals surface area (Å²) in [5.41, 5.74) is 2.67. The van der Waals surface area contributed by atoms with Crippen molar-refractivity contribution in [3.8, 4) is 0 Å². The lowest BCUT2D eigenvalue weighted by Crippen LogP contribution is -2.15. The van der Waals surface area contributed by atoms with Gasteiger partial charge in [0.2, 0.25) is 5.78 Å². The van der Waals surface area contributed by atoms with Crippen molar-refractivity contribution in [2.24, 2.45) is 5.92 Å². The van der Waals surface area contributed by atoms with Gasteiger partial charge in [-0.15, -0.1) is 0 Å². The summed E-state index contributed by atoms with van der Waals surface area (Å²) in [6, 6.07) is 1.98. The molecular weight excluding hydrogens is 198 g/mol. The van der Waals surface area contributed by atoms with Gasteiger partial charge in [0.05, 0.1) is 5.69 Å². The van der Waals surface area contributed by atoms with Crippen LogP contribution >= 0.6 is 0 Å². The molecule has 0 fully saturated rings. The molecule has 3 heteroatoms. The molecule has 2 aromatic rings. The van der Waals surface area contributed by atoms with E-state index in [0.717, 1.165) is 18.1 Å². The molecule has 1 aliphatic rings. The number of hydrogen-bond donors (Lipinski definition) is 0. The van der Waals surface area contributed by atoms with Crippen molar-refractivity contribution in [2.45, 2.75) is 39.0 Å². The highest BCUT2D eigenvalue weighted by Crippen LogP contribution is 2.28. The molecule has 2 aromatic heterocycles. The summed E-state index contributed by atoms with van der Waals surface area (Å²) in [7, 11) is 0. The Hall–Kier alpha value is -1.38. The number of aromatic nitrogens is 3. The topological polar surface area (TPSA) is 30.2 Å². The zero-order chi connectivity index (χ0) is 11.0. The Kier molecular flexibility index (Phi) is 2.39. The minimum atomic E-state index is 0.845. The van der Waals surface area contributed by atoms with Gasteiger partial charge in [0.25, 0.3) is 0 Å². The first kappa shape index (κ1) is 9.82. The molecule has 2 heterocycles. The smallest absolute Gasteiger partial charge is 0.234 e. The monoisotopic (exact) mass is 215 g/mol. The van der Waals surface area contributed by atoms with Crippen LogP contribution in [0.1, 0.15) is 37.6 Å². The van der Waals surface area contributed by atoms with Crippen molar-refractivity contribution in [1.82, 2.24) is 14.4 Å². The average Bonchev–Trinajstić information content (AvgIpc) is 2.68. The van der Waals surface area contributed by atoms with Gasteiger partial charge in [-0.1, -0.05) is 19.8 Å². The fourth-order valence-corrected chi connectivity index (χ4v) is 2.77. The highest BCUT2D eigenvalue weighted by Gasteiger charge is 2.22. The van der Waals surface area contributed by atoms with Gasteiger partial charge in [0, 0.05) is 18.1 Å². The van der Waals surface area contributed by atoms with Crippen molar-refractivity contribution in [3.05, 3.63) is 29.8 Å². The third-order valence-electron chi connectivity index (χ3n) is 3.55. The normalized spacial score (nSPS) is 19.9. The van der Waals surface area contributed by atoms with Crippen LogP contribution in [0.15, 0.2) is 18.5 Å². The molecule has 0 amide bonds. The van der Waals surface area contributed by atoms with E-state index < -0.39 is 0 Å². The number of aryl methyl sites for hydroxylation is 1. The molecule has 0 spiro atoms. The van der Waals surface area contributed by atoms with Gasteiger partial charge >= 0.3 is 0 Å². The van der Waals surface area contributed by atoms with Crippen LogP contribution in [0.4, 0.5) is 0 Å². The second kappa shape index (κ2) is 3.89. The Bertz CT molecular complexity index is 501. The van der Waals surface area contributed by atoms with E-state index in [0.29, 0.717) is 0 Å². The van der Waals surface area contributed by atoms with Crippen LogP contribution in [0.5, 0.6) is 0 Å². The molecule has 0 aromatic carbocycles. The fourth-order valence-electron chi connectivity index (χ4n) is 2.77. The number of nitrogens with zero attached hydrogens (tertiary/aromatic N) is 3. The van der Waals surface area contributed by atoms with E-state index in [1.165, 1.54) is 37.1 Å². The maximum atomic E-state index is 4.60. The number of rotatable bonds is 2. The molecule has 1 aliphatic carbocycles. The number of hydrogen-bond acceptors (Lipinski definition) is 2. The van der Waals surface area contributed by atoms with E-state index in [9.17, 15) is 0 Å². The summed E-state index contributed by atoms with van der Waals surface area (Å²) in [5, 5.41) is 0. The summed E-state index contributed by atoms with van der Waals surface area (Å²) >= 11 is 0. The Labute approximate surface area is 95.5 Å². The first-order valence-electron chi connectivity index (χ1n) is 6.19. The maximum Gasteiger partial charge on any atom is 0.234 e. The first-order valence-corrected chi connectivity index (χ1v) is 6.19. The summed E-state index contributed by atoms with van der Waals surface area (Å²) < 4.78 is 2.16. The van der Waals surface area contributed by atoms with Crippen molar-refractivity contribution in [3.63, 3.8) is 0 Å². The van der Waals surface area contributed by atoms with E-state index in [1.807, 2.05) is 12.3 Å². The zero-order valence-corrected chi connectivity index (χ0v) is 9.69. The molecule has 3 rings (SSSR count). The maximum absolute atomic E-state index is 4.60. The first-order chi connectivity index (χ1) is 7.88. The minimum Gasteiger partial charge on any atom is -0.288 e. The Balaban J connectivity index is 2.01. The van der Waals surface area contributed by atoms with Crippen molar-refractivity contribution >= 4 is 5.78 Å². The minimum absolute atomic E-state index is 0.845. The zero-order valence-electron chi connectivity index (χ0n) is 9.69. The molecule has 0 N–H and O–H groups in total. The van der Waals surface area contributed by atoms with Crippen LogP contribution in [0.2, 0.25) is 0 Å². The van der Waals surface area contributed by atoms with E-state index >= 15 is 0 Å². The largest absolute Gasteiger partial charge is 0.288 e. The molecular formula is C13H17N3. The number of fused-ring (bicyclic) bond motifs is 3. The Morgan fingerprint density at radius 2 is 2.44 bits per heavy atom. The summed E-state index contributed by atoms with van der Waals surface area (Å²) in [5.74, 6) is 1.71. The van der Waals surface area contributed by atoms with Gasteiger partial charge in [-0.25, -0.2) is 9.97 Å². The molecule has 0 saturated carbocycles. The Morgan fingerprint density at radius 1 is 1.50 bits per heavy atom. The molecule has 84 valence electrons. The molecule has 3 nitrogen and oxygen atoms in total. The summed E-state index contributed by atoms with van der Waals surface area (Å²) in [4.78, 5) is 8.91. The van der Waals surface area contributed by atoms with Gasteiger partial charge in [0.1, 0.15) is 0 Å². The van der Waals surface area contributed by atoms with Crippen LogP contribution in [-0.2, 0) is 12.8 Å².